The van der Waals surface area contributed by atoms with Crippen LogP contribution < -0.4 is 0 Å². The molecule has 118 valence electrons. The van der Waals surface area contributed by atoms with Crippen LogP contribution in [0.15, 0.2) is 11.0 Å². The molecule has 0 fully saturated rings. The smallest absolute Gasteiger partial charge is 0.349 e. The molecule has 0 radical (unpaired) electrons. The van der Waals surface area contributed by atoms with Crippen LogP contribution in [0.5, 0.6) is 0 Å². The average Bonchev–Trinajstić information content (AvgIpc) is 2.87. The maximum Gasteiger partial charge on any atom is 0.349 e. The van der Waals surface area contributed by atoms with Gasteiger partial charge in [-0.15, -0.1) is 11.3 Å². The zero-order valence-corrected chi connectivity index (χ0v) is 13.3. The van der Waals surface area contributed by atoms with Gasteiger partial charge in [0.1, 0.15) is 14.6 Å². The van der Waals surface area contributed by atoms with E-state index in [1.807, 2.05) is 0 Å². The van der Waals surface area contributed by atoms with Gasteiger partial charge in [-0.25, -0.2) is 9.59 Å². The van der Waals surface area contributed by atoms with Gasteiger partial charge in [0.25, 0.3) is 10.1 Å². The predicted molar refractivity (Wildman–Crippen MR) is 75.3 cm³/mol. The molecule has 9 heteroatoms. The highest BCUT2D eigenvalue weighted by Crippen LogP contribution is 2.28. The monoisotopic (exact) mass is 336 g/mol. The first-order chi connectivity index (χ1) is 9.81. The van der Waals surface area contributed by atoms with Crippen LogP contribution in [0, 0.1) is 0 Å². The molecule has 0 saturated carbocycles. The number of carbonyl (C=O) groups excluding carboxylic acids is 2. The van der Waals surface area contributed by atoms with Gasteiger partial charge < -0.3 is 9.47 Å². The molecule has 1 N–H and O–H groups in total. The number of ether oxygens (including phenoxy) is 2. The number of hydrogen-bond donors (Lipinski definition) is 1. The van der Waals surface area contributed by atoms with Crippen LogP contribution in [-0.2, 0) is 19.6 Å². The maximum absolute atomic E-state index is 11.8. The minimum absolute atomic E-state index is 0.0838. The summed E-state index contributed by atoms with van der Waals surface area (Å²) >= 11 is 0.615. The van der Waals surface area contributed by atoms with Gasteiger partial charge in [-0.3, -0.25) is 4.55 Å². The summed E-state index contributed by atoms with van der Waals surface area (Å²) in [6.07, 6.45) is 1.16. The molecule has 1 rings (SSSR count). The van der Waals surface area contributed by atoms with Crippen molar-refractivity contribution in [3.05, 3.63) is 15.8 Å². The van der Waals surface area contributed by atoms with Crippen molar-refractivity contribution in [1.29, 1.82) is 0 Å². The van der Waals surface area contributed by atoms with E-state index in [4.69, 9.17) is 14.0 Å². The molecule has 21 heavy (non-hydrogen) atoms. The van der Waals surface area contributed by atoms with Crippen molar-refractivity contribution in [1.82, 2.24) is 0 Å². The molecule has 0 aliphatic heterocycles. The molecule has 0 amide bonds. The summed E-state index contributed by atoms with van der Waals surface area (Å²) in [6, 6.07) is 0.917. The van der Waals surface area contributed by atoms with E-state index in [2.05, 4.69) is 0 Å². The summed E-state index contributed by atoms with van der Waals surface area (Å²) in [5.74, 6) is -1.65. The molecule has 1 aromatic heterocycles. The van der Waals surface area contributed by atoms with Gasteiger partial charge >= 0.3 is 11.9 Å². The topological polar surface area (TPSA) is 107 Å². The third-order valence-corrected chi connectivity index (χ3v) is 4.34. The Hall–Kier alpha value is -1.45. The van der Waals surface area contributed by atoms with Gasteiger partial charge in [-0.1, -0.05) is 13.8 Å². The summed E-state index contributed by atoms with van der Waals surface area (Å²) in [7, 11) is -4.63. The van der Waals surface area contributed by atoms with Gasteiger partial charge in [-0.2, -0.15) is 8.42 Å². The zero-order valence-electron chi connectivity index (χ0n) is 11.6. The molecule has 1 heterocycles. The first kappa shape index (κ1) is 17.6. The van der Waals surface area contributed by atoms with Gasteiger partial charge in [0, 0.05) is 0 Å². The van der Waals surface area contributed by atoms with E-state index >= 15 is 0 Å². The molecule has 0 aromatic carbocycles. The largest absolute Gasteiger partial charge is 0.462 e. The number of hydrogen-bond acceptors (Lipinski definition) is 7. The zero-order chi connectivity index (χ0) is 16.0. The van der Waals surface area contributed by atoms with E-state index in [1.54, 1.807) is 13.8 Å². The van der Waals surface area contributed by atoms with Crippen LogP contribution >= 0.6 is 11.3 Å². The maximum atomic E-state index is 11.8. The van der Waals surface area contributed by atoms with Gasteiger partial charge in [0.15, 0.2) is 0 Å². The van der Waals surface area contributed by atoms with Gasteiger partial charge in [0.2, 0.25) is 0 Å². The SMILES string of the molecule is CCCOC(=O)c1cc(S(=O)(=O)O)c(C(=O)OCCC)s1. The van der Waals surface area contributed by atoms with E-state index in [0.717, 1.165) is 6.07 Å². The molecule has 0 saturated heterocycles. The molecule has 0 atom stereocenters. The Balaban J connectivity index is 3.14. The second-order valence-electron chi connectivity index (χ2n) is 4.05. The molecular formula is C12H16O7S2. The lowest BCUT2D eigenvalue weighted by Gasteiger charge is -2.02. The van der Waals surface area contributed by atoms with E-state index in [-0.39, 0.29) is 23.0 Å². The lowest BCUT2D eigenvalue weighted by Crippen LogP contribution is -2.09. The van der Waals surface area contributed by atoms with Crippen LogP contribution in [0.2, 0.25) is 0 Å². The molecule has 7 nitrogen and oxygen atoms in total. The number of esters is 2. The molecule has 0 aliphatic rings. The van der Waals surface area contributed by atoms with Crippen LogP contribution in [0.4, 0.5) is 0 Å². The van der Waals surface area contributed by atoms with Crippen molar-refractivity contribution >= 4 is 33.4 Å². The summed E-state index contributed by atoms with van der Waals surface area (Å²) < 4.78 is 41.4. The van der Waals surface area contributed by atoms with Crippen molar-refractivity contribution in [3.8, 4) is 0 Å². The minimum atomic E-state index is -4.63. The highest BCUT2D eigenvalue weighted by Gasteiger charge is 2.28. The Morgan fingerprint density at radius 1 is 1.14 bits per heavy atom. The molecular weight excluding hydrogens is 320 g/mol. The van der Waals surface area contributed by atoms with Crippen molar-refractivity contribution in [2.24, 2.45) is 0 Å². The summed E-state index contributed by atoms with van der Waals surface area (Å²) in [5.41, 5.74) is 0. The van der Waals surface area contributed by atoms with Gasteiger partial charge in [-0.05, 0) is 18.9 Å². The molecule has 1 aromatic rings. The lowest BCUT2D eigenvalue weighted by atomic mass is 10.4. The fourth-order valence-electron chi connectivity index (χ4n) is 1.33. The van der Waals surface area contributed by atoms with Crippen LogP contribution in [0.3, 0.4) is 0 Å². The lowest BCUT2D eigenvalue weighted by molar-refractivity contribution is 0.0500. The highest BCUT2D eigenvalue weighted by atomic mass is 32.2. The first-order valence-corrected chi connectivity index (χ1v) is 8.52. The molecule has 0 bridgehead atoms. The third-order valence-electron chi connectivity index (χ3n) is 2.24. The Bertz CT molecular complexity index is 616. The van der Waals surface area contributed by atoms with E-state index in [9.17, 15) is 18.0 Å². The Labute approximate surface area is 126 Å². The van der Waals surface area contributed by atoms with Crippen LogP contribution in [0.1, 0.15) is 46.0 Å². The summed E-state index contributed by atoms with van der Waals surface area (Å²) in [6.45, 7) is 3.86. The molecule has 0 unspecified atom stereocenters. The van der Waals surface area contributed by atoms with Crippen molar-refractivity contribution < 1.29 is 32.0 Å². The first-order valence-electron chi connectivity index (χ1n) is 6.26. The fraction of sp³-hybridized carbons (Fsp3) is 0.500. The Morgan fingerprint density at radius 3 is 2.14 bits per heavy atom. The van der Waals surface area contributed by atoms with Gasteiger partial charge in [0.05, 0.1) is 13.2 Å². The average molecular weight is 336 g/mol. The molecule has 0 spiro atoms. The Morgan fingerprint density at radius 2 is 1.67 bits per heavy atom. The van der Waals surface area contributed by atoms with Crippen molar-refractivity contribution in [2.45, 2.75) is 31.6 Å². The fourth-order valence-corrected chi connectivity index (χ4v) is 3.28. The summed E-state index contributed by atoms with van der Waals surface area (Å²) in [5, 5.41) is 0. The van der Waals surface area contributed by atoms with Crippen LogP contribution in [0.25, 0.3) is 0 Å². The van der Waals surface area contributed by atoms with Crippen LogP contribution in [-0.4, -0.2) is 38.1 Å². The number of rotatable bonds is 7. The standard InChI is InChI=1S/C12H16O7S2/c1-3-5-18-11(13)8-7-9(21(15,16)17)10(20-8)12(14)19-6-4-2/h7H,3-6H2,1-2H3,(H,15,16,17). The number of carbonyl (C=O) groups is 2. The normalized spacial score (nSPS) is 11.2. The second-order valence-corrected chi connectivity index (χ2v) is 6.49. The minimum Gasteiger partial charge on any atom is -0.462 e. The Kier molecular flexibility index (Phi) is 6.31. The van der Waals surface area contributed by atoms with E-state index in [0.29, 0.717) is 24.2 Å². The highest BCUT2D eigenvalue weighted by molar-refractivity contribution is 7.86. The quantitative estimate of drug-likeness (QED) is 0.600. The summed E-state index contributed by atoms with van der Waals surface area (Å²) in [4.78, 5) is 22.4. The van der Waals surface area contributed by atoms with E-state index in [1.165, 1.54) is 0 Å². The molecule has 0 aliphatic carbocycles. The number of thiophene rings is 1. The third kappa shape index (κ3) is 4.80. The van der Waals surface area contributed by atoms with Crippen molar-refractivity contribution in [2.75, 3.05) is 13.2 Å². The predicted octanol–water partition coefficient (Wildman–Crippen LogP) is 2.13. The second kappa shape index (κ2) is 7.53. The van der Waals surface area contributed by atoms with Crippen molar-refractivity contribution in [3.63, 3.8) is 0 Å². The van der Waals surface area contributed by atoms with E-state index < -0.39 is 27.0 Å².